The average Bonchev–Trinajstić information content (AvgIpc) is 3.48. The molecule has 1 atom stereocenters. The summed E-state index contributed by atoms with van der Waals surface area (Å²) in [5.41, 5.74) is -0.137. The Morgan fingerprint density at radius 1 is 1.12 bits per heavy atom. The summed E-state index contributed by atoms with van der Waals surface area (Å²) in [6, 6.07) is 11.8. The number of aromatic nitrogens is 6. The minimum Gasteiger partial charge on any atom is -0.382 e. The summed E-state index contributed by atoms with van der Waals surface area (Å²) in [7, 11) is -3.14. The lowest BCUT2D eigenvalue weighted by Gasteiger charge is -2.26. The fourth-order valence-electron chi connectivity index (χ4n) is 4.19. The number of aliphatic hydroxyl groups is 1. The van der Waals surface area contributed by atoms with Crippen LogP contribution in [0.3, 0.4) is 0 Å². The van der Waals surface area contributed by atoms with Gasteiger partial charge in [-0.3, -0.25) is 9.36 Å². The van der Waals surface area contributed by atoms with Crippen molar-refractivity contribution in [3.8, 4) is 17.1 Å². The first-order valence-electron chi connectivity index (χ1n) is 12.0. The summed E-state index contributed by atoms with van der Waals surface area (Å²) in [5, 5.41) is 21.1. The third-order valence-corrected chi connectivity index (χ3v) is 8.30. The zero-order chi connectivity index (χ0) is 29.5. The van der Waals surface area contributed by atoms with Crippen LogP contribution in [-0.2, 0) is 22.9 Å². The minimum absolute atomic E-state index is 0.0519. The quantitative estimate of drug-likeness (QED) is 0.303. The van der Waals surface area contributed by atoms with E-state index in [1.165, 1.54) is 41.3 Å². The van der Waals surface area contributed by atoms with Crippen LogP contribution in [-0.4, -0.2) is 78.4 Å². The second-order valence-electron chi connectivity index (χ2n) is 9.31. The van der Waals surface area contributed by atoms with Gasteiger partial charge < -0.3 is 10.4 Å². The molecule has 17 heteroatoms. The van der Waals surface area contributed by atoms with Crippen molar-refractivity contribution < 1.29 is 31.5 Å². The summed E-state index contributed by atoms with van der Waals surface area (Å²) in [5.74, 6) is -0.879. The van der Waals surface area contributed by atoms with Gasteiger partial charge in [-0.25, -0.2) is 27.6 Å². The number of benzene rings is 2. The summed E-state index contributed by atoms with van der Waals surface area (Å²) in [6.45, 7) is -1.43. The molecule has 2 aromatic heterocycles. The lowest BCUT2D eigenvalue weighted by molar-refractivity contribution is -0.207. The first-order valence-corrected chi connectivity index (χ1v) is 14.2. The van der Waals surface area contributed by atoms with Crippen LogP contribution in [0.25, 0.3) is 17.1 Å². The lowest BCUT2D eigenvalue weighted by atomic mass is 10.1. The van der Waals surface area contributed by atoms with Gasteiger partial charge in [0.1, 0.15) is 12.9 Å². The zero-order valence-electron chi connectivity index (χ0n) is 20.9. The van der Waals surface area contributed by atoms with Crippen LogP contribution < -0.4 is 11.0 Å². The summed E-state index contributed by atoms with van der Waals surface area (Å²) < 4.78 is 65.0. The summed E-state index contributed by atoms with van der Waals surface area (Å²) in [4.78, 5) is 30.1. The number of halogens is 4. The molecule has 0 bridgehead atoms. The smallest absolute Gasteiger partial charge is 0.382 e. The molecular formula is C24H21ClF3N7O5S. The van der Waals surface area contributed by atoms with E-state index in [4.69, 9.17) is 11.6 Å². The molecule has 1 amide bonds. The molecule has 216 valence electrons. The number of nitrogens with zero attached hydrogens (tertiary/aromatic N) is 6. The fourth-order valence-corrected chi connectivity index (χ4v) is 5.61. The monoisotopic (exact) mass is 611 g/mol. The maximum atomic E-state index is 13.1. The average molecular weight is 612 g/mol. The van der Waals surface area contributed by atoms with Crippen molar-refractivity contribution in [3.63, 3.8) is 0 Å². The van der Waals surface area contributed by atoms with Crippen LogP contribution in [0.2, 0.25) is 5.02 Å². The first kappa shape index (κ1) is 28.5. The number of carbonyl (C=O) groups is 1. The molecule has 1 saturated heterocycles. The van der Waals surface area contributed by atoms with E-state index in [9.17, 15) is 36.3 Å². The number of alkyl halides is 3. The van der Waals surface area contributed by atoms with E-state index in [1.807, 2.05) is 0 Å². The number of rotatable bonds is 8. The van der Waals surface area contributed by atoms with Gasteiger partial charge in [0.2, 0.25) is 0 Å². The van der Waals surface area contributed by atoms with E-state index in [0.717, 1.165) is 4.68 Å². The Morgan fingerprint density at radius 2 is 1.80 bits per heavy atom. The molecule has 4 aromatic rings. The molecule has 1 fully saturated rings. The van der Waals surface area contributed by atoms with E-state index in [2.05, 4.69) is 20.5 Å². The van der Waals surface area contributed by atoms with Crippen molar-refractivity contribution in [2.45, 2.75) is 31.4 Å². The van der Waals surface area contributed by atoms with Gasteiger partial charge in [0, 0.05) is 10.6 Å². The molecule has 0 spiro atoms. The van der Waals surface area contributed by atoms with Crippen LogP contribution in [0.1, 0.15) is 16.2 Å². The predicted molar refractivity (Wildman–Crippen MR) is 139 cm³/mol. The Balaban J connectivity index is 1.42. The Kier molecular flexibility index (Phi) is 7.48. The maximum absolute atomic E-state index is 13.1. The van der Waals surface area contributed by atoms with E-state index < -0.39 is 46.3 Å². The van der Waals surface area contributed by atoms with Crippen LogP contribution in [0.5, 0.6) is 0 Å². The van der Waals surface area contributed by atoms with Crippen molar-refractivity contribution in [1.29, 1.82) is 0 Å². The van der Waals surface area contributed by atoms with E-state index >= 15 is 0 Å². The highest BCUT2D eigenvalue weighted by Crippen LogP contribution is 2.24. The van der Waals surface area contributed by atoms with Gasteiger partial charge in [0.05, 0.1) is 35.3 Å². The number of aliphatic hydroxyl groups excluding tert-OH is 1. The number of nitrogens with one attached hydrogen (secondary N) is 1. The van der Waals surface area contributed by atoms with E-state index in [-0.39, 0.29) is 40.8 Å². The van der Waals surface area contributed by atoms with Gasteiger partial charge in [-0.05, 0) is 36.4 Å². The number of para-hydroxylation sites is 1. The molecule has 0 aliphatic carbocycles. The standard InChI is InChI=1S/C24H21ClF3N7O5S/c25-15-7-5-14(6-8-15)21-32-34(23(38)33(21)9-19(36)24(26,27)28)10-20-29-13-35(31-20)18-4-2-1-3-17(18)22(37)30-16-11-41(39,40)12-16/h1-8,13,16,19,36H,9-12H2,(H,30,37). The number of sulfone groups is 1. The van der Waals surface area contributed by atoms with Gasteiger partial charge in [-0.2, -0.15) is 13.2 Å². The molecule has 41 heavy (non-hydrogen) atoms. The largest absolute Gasteiger partial charge is 0.416 e. The highest BCUT2D eigenvalue weighted by Gasteiger charge is 2.39. The third kappa shape index (κ3) is 6.18. The second kappa shape index (κ2) is 10.8. The molecule has 0 saturated carbocycles. The van der Waals surface area contributed by atoms with Crippen LogP contribution in [0.4, 0.5) is 13.2 Å². The second-order valence-corrected chi connectivity index (χ2v) is 11.9. The molecule has 12 nitrogen and oxygen atoms in total. The highest BCUT2D eigenvalue weighted by molar-refractivity contribution is 7.92. The molecule has 1 aliphatic heterocycles. The van der Waals surface area contributed by atoms with Gasteiger partial charge in [0.25, 0.3) is 5.91 Å². The lowest BCUT2D eigenvalue weighted by Crippen LogP contribution is -2.53. The molecule has 1 unspecified atom stereocenters. The molecule has 0 radical (unpaired) electrons. The maximum Gasteiger partial charge on any atom is 0.416 e. The predicted octanol–water partition coefficient (Wildman–Crippen LogP) is 1.44. The van der Waals surface area contributed by atoms with Crippen LogP contribution in [0, 0.1) is 0 Å². The normalized spacial score (nSPS) is 15.8. The highest BCUT2D eigenvalue weighted by atomic mass is 35.5. The van der Waals surface area contributed by atoms with Crippen molar-refractivity contribution in [1.82, 2.24) is 34.4 Å². The first-order chi connectivity index (χ1) is 19.3. The van der Waals surface area contributed by atoms with Gasteiger partial charge in [0.15, 0.2) is 27.6 Å². The SMILES string of the molecule is O=C(NC1CS(=O)(=O)C1)c1ccccc1-n1cnc(Cn2nc(-c3ccc(Cl)cc3)n(CC(O)C(F)(F)F)c2=O)n1. The Morgan fingerprint density at radius 3 is 2.46 bits per heavy atom. The number of carbonyl (C=O) groups excluding carboxylic acids is 1. The molecule has 3 heterocycles. The van der Waals surface area contributed by atoms with Crippen molar-refractivity contribution in [2.75, 3.05) is 11.5 Å². The van der Waals surface area contributed by atoms with Crippen molar-refractivity contribution >= 4 is 27.3 Å². The minimum atomic E-state index is -4.97. The van der Waals surface area contributed by atoms with E-state index in [0.29, 0.717) is 15.3 Å². The topological polar surface area (TPSA) is 154 Å². The number of hydrogen-bond acceptors (Lipinski definition) is 8. The Hall–Kier alpha value is -4.02. The summed E-state index contributed by atoms with van der Waals surface area (Å²) >= 11 is 5.91. The van der Waals surface area contributed by atoms with Gasteiger partial charge in [-0.15, -0.1) is 10.2 Å². The zero-order valence-corrected chi connectivity index (χ0v) is 22.4. The molecule has 2 aromatic carbocycles. The number of amides is 1. The number of hydrogen-bond donors (Lipinski definition) is 2. The fraction of sp³-hybridized carbons (Fsp3) is 0.292. The van der Waals surface area contributed by atoms with Crippen LogP contribution in [0.15, 0.2) is 59.7 Å². The molecule has 5 rings (SSSR count). The molecule has 2 N–H and O–H groups in total. The summed E-state index contributed by atoms with van der Waals surface area (Å²) in [6.07, 6.45) is -6.50. The molecule has 1 aliphatic rings. The van der Waals surface area contributed by atoms with Gasteiger partial charge in [-0.1, -0.05) is 23.7 Å². The third-order valence-electron chi connectivity index (χ3n) is 6.23. The van der Waals surface area contributed by atoms with Crippen molar-refractivity contribution in [3.05, 3.63) is 81.8 Å². The van der Waals surface area contributed by atoms with Gasteiger partial charge >= 0.3 is 11.9 Å². The molecular weight excluding hydrogens is 591 g/mol. The van der Waals surface area contributed by atoms with Crippen LogP contribution >= 0.6 is 11.6 Å². The Bertz CT molecular complexity index is 1750. The van der Waals surface area contributed by atoms with E-state index in [1.54, 1.807) is 18.2 Å². The Labute approximate surface area is 234 Å². The van der Waals surface area contributed by atoms with Crippen molar-refractivity contribution in [2.24, 2.45) is 0 Å².